The smallest absolute Gasteiger partial charge is 0.412 e. The molecule has 1 N–H and O–H groups in total. The molecule has 2 aromatic carbocycles. The summed E-state index contributed by atoms with van der Waals surface area (Å²) in [6.07, 6.45) is -0.999. The van der Waals surface area contributed by atoms with Crippen LogP contribution in [0.5, 0.6) is 17.2 Å². The Bertz CT molecular complexity index is 1460. The highest BCUT2D eigenvalue weighted by atomic mass is 32.2. The van der Waals surface area contributed by atoms with E-state index in [1.54, 1.807) is 49.1 Å². The van der Waals surface area contributed by atoms with Gasteiger partial charge in [-0.15, -0.1) is 0 Å². The summed E-state index contributed by atoms with van der Waals surface area (Å²) in [5.41, 5.74) is -0.264. The molecule has 5 atom stereocenters. The maximum Gasteiger partial charge on any atom is 0.412 e. The molecule has 0 aromatic heterocycles. The maximum atomic E-state index is 14.1. The number of benzene rings is 2. The van der Waals surface area contributed by atoms with Crippen molar-refractivity contribution >= 4 is 16.1 Å². The summed E-state index contributed by atoms with van der Waals surface area (Å²) < 4.78 is 64.3. The normalized spacial score (nSPS) is 27.3. The van der Waals surface area contributed by atoms with E-state index in [2.05, 4.69) is 0 Å². The summed E-state index contributed by atoms with van der Waals surface area (Å²) in [6.45, 7) is 8.52. The molecule has 4 heterocycles. The number of sulfonamides is 1. The van der Waals surface area contributed by atoms with Gasteiger partial charge in [0.2, 0.25) is 16.8 Å². The second-order valence-electron chi connectivity index (χ2n) is 12.6. The highest BCUT2D eigenvalue weighted by Gasteiger charge is 2.53. The van der Waals surface area contributed by atoms with Crippen LogP contribution in [0.1, 0.15) is 39.7 Å². The zero-order valence-electron chi connectivity index (χ0n) is 25.4. The zero-order valence-corrected chi connectivity index (χ0v) is 26.2. The van der Waals surface area contributed by atoms with Crippen LogP contribution in [0.3, 0.4) is 0 Å². The number of aromatic hydroxyl groups is 1. The minimum Gasteiger partial charge on any atom is -0.508 e. The quantitative estimate of drug-likeness (QED) is 0.436. The summed E-state index contributed by atoms with van der Waals surface area (Å²) in [5, 5.41) is 9.86. The molecular formula is C31H40N2O10S. The number of fused-ring (bicyclic) bond motifs is 2. The highest BCUT2D eigenvalue weighted by Crippen LogP contribution is 2.39. The lowest BCUT2D eigenvalue weighted by molar-refractivity contribution is -0.0911. The van der Waals surface area contributed by atoms with Gasteiger partial charge in [-0.3, -0.25) is 4.90 Å². The van der Waals surface area contributed by atoms with Crippen LogP contribution >= 0.6 is 0 Å². The van der Waals surface area contributed by atoms with Gasteiger partial charge >= 0.3 is 6.09 Å². The number of ether oxygens (including phenoxy) is 6. The van der Waals surface area contributed by atoms with Crippen molar-refractivity contribution in [2.75, 3.05) is 33.1 Å². The van der Waals surface area contributed by atoms with Gasteiger partial charge in [0, 0.05) is 19.2 Å². The minimum atomic E-state index is -3.99. The lowest BCUT2D eigenvalue weighted by Gasteiger charge is -2.34. The maximum absolute atomic E-state index is 14.1. The first-order chi connectivity index (χ1) is 20.9. The number of phenols is 1. The molecule has 0 radical (unpaired) electrons. The third-order valence-corrected chi connectivity index (χ3v) is 10.4. The van der Waals surface area contributed by atoms with Gasteiger partial charge in [-0.1, -0.05) is 26.0 Å². The number of amides is 1. The van der Waals surface area contributed by atoms with E-state index in [1.807, 2.05) is 13.8 Å². The summed E-state index contributed by atoms with van der Waals surface area (Å²) >= 11 is 0. The SMILES string of the molecule is CC(C)CN(CC1OC(C)(C)N(C(=O)OC2COC3OCCC23)C1Cc1ccc(O)cc1)S(=O)(=O)c1ccc2c(c1)OCO2. The second kappa shape index (κ2) is 12.0. The fourth-order valence-electron chi connectivity index (χ4n) is 6.48. The molecule has 0 bridgehead atoms. The Morgan fingerprint density at radius 2 is 1.86 bits per heavy atom. The minimum absolute atomic E-state index is 0.00397. The van der Waals surface area contributed by atoms with Crippen molar-refractivity contribution in [1.29, 1.82) is 0 Å². The van der Waals surface area contributed by atoms with Crippen LogP contribution in [-0.2, 0) is 35.4 Å². The van der Waals surface area contributed by atoms with Crippen molar-refractivity contribution in [2.24, 2.45) is 11.8 Å². The average Bonchev–Trinajstić information content (AvgIpc) is 3.74. The van der Waals surface area contributed by atoms with Crippen molar-refractivity contribution in [2.45, 2.75) is 75.7 Å². The molecular weight excluding hydrogens is 592 g/mol. The van der Waals surface area contributed by atoms with Crippen molar-refractivity contribution in [3.8, 4) is 17.2 Å². The Labute approximate surface area is 257 Å². The van der Waals surface area contributed by atoms with Crippen molar-refractivity contribution in [1.82, 2.24) is 9.21 Å². The van der Waals surface area contributed by atoms with Gasteiger partial charge in [-0.25, -0.2) is 13.2 Å². The van der Waals surface area contributed by atoms with E-state index in [0.29, 0.717) is 24.5 Å². The molecule has 240 valence electrons. The van der Waals surface area contributed by atoms with Crippen LogP contribution in [0.25, 0.3) is 0 Å². The van der Waals surface area contributed by atoms with Gasteiger partial charge in [0.05, 0.1) is 36.2 Å². The number of hydrogen-bond acceptors (Lipinski definition) is 10. The predicted molar refractivity (Wildman–Crippen MR) is 157 cm³/mol. The van der Waals surface area contributed by atoms with E-state index in [4.69, 9.17) is 28.4 Å². The van der Waals surface area contributed by atoms with Crippen molar-refractivity contribution < 1.29 is 46.7 Å². The molecule has 44 heavy (non-hydrogen) atoms. The monoisotopic (exact) mass is 632 g/mol. The fourth-order valence-corrected chi connectivity index (χ4v) is 8.11. The highest BCUT2D eigenvalue weighted by molar-refractivity contribution is 7.89. The number of carbonyl (C=O) groups is 1. The molecule has 4 aliphatic rings. The average molecular weight is 633 g/mol. The van der Waals surface area contributed by atoms with Gasteiger partial charge in [-0.05, 0) is 62.4 Å². The number of hydrogen-bond donors (Lipinski definition) is 1. The van der Waals surface area contributed by atoms with Gasteiger partial charge in [0.1, 0.15) is 17.6 Å². The molecule has 3 saturated heterocycles. The van der Waals surface area contributed by atoms with Crippen molar-refractivity contribution in [3.05, 3.63) is 48.0 Å². The number of phenolic OH excluding ortho intramolecular Hbond substituents is 1. The largest absolute Gasteiger partial charge is 0.508 e. The number of rotatable bonds is 9. The van der Waals surface area contributed by atoms with Gasteiger partial charge in [-0.2, -0.15) is 4.31 Å². The molecule has 0 spiro atoms. The summed E-state index contributed by atoms with van der Waals surface area (Å²) in [5.74, 6) is 0.960. The summed E-state index contributed by atoms with van der Waals surface area (Å²) in [7, 11) is -3.99. The molecule has 1 amide bonds. The molecule has 0 aliphatic carbocycles. The topological polar surface area (TPSA) is 133 Å². The molecule has 5 unspecified atom stereocenters. The molecule has 3 fully saturated rings. The van der Waals surface area contributed by atoms with Crippen LogP contribution in [-0.4, -0.2) is 92.2 Å². The first-order valence-corrected chi connectivity index (χ1v) is 16.4. The zero-order chi connectivity index (χ0) is 31.2. The predicted octanol–water partition coefficient (Wildman–Crippen LogP) is 3.71. The van der Waals surface area contributed by atoms with Crippen LogP contribution in [0.4, 0.5) is 4.79 Å². The molecule has 13 heteroatoms. The Morgan fingerprint density at radius 1 is 1.11 bits per heavy atom. The first-order valence-electron chi connectivity index (χ1n) is 15.0. The molecule has 0 saturated carbocycles. The van der Waals surface area contributed by atoms with Crippen LogP contribution in [0, 0.1) is 11.8 Å². The van der Waals surface area contributed by atoms with E-state index in [0.717, 1.165) is 12.0 Å². The van der Waals surface area contributed by atoms with E-state index < -0.39 is 40.1 Å². The second-order valence-corrected chi connectivity index (χ2v) is 14.5. The van der Waals surface area contributed by atoms with Crippen LogP contribution in [0.15, 0.2) is 47.4 Å². The Hall–Kier alpha value is -3.10. The van der Waals surface area contributed by atoms with Gasteiger partial charge in [0.25, 0.3) is 0 Å². The first kappa shape index (κ1) is 30.9. The van der Waals surface area contributed by atoms with Gasteiger partial charge in [0.15, 0.2) is 17.8 Å². The third-order valence-electron chi connectivity index (χ3n) is 8.53. The van der Waals surface area contributed by atoms with E-state index in [9.17, 15) is 18.3 Å². The Kier molecular flexibility index (Phi) is 8.44. The Balaban J connectivity index is 1.30. The summed E-state index contributed by atoms with van der Waals surface area (Å²) in [6, 6.07) is 10.7. The van der Waals surface area contributed by atoms with Gasteiger partial charge < -0.3 is 33.5 Å². The van der Waals surface area contributed by atoms with E-state index in [1.165, 1.54) is 16.4 Å². The Morgan fingerprint density at radius 3 is 2.61 bits per heavy atom. The number of nitrogens with zero attached hydrogens (tertiary/aromatic N) is 2. The van der Waals surface area contributed by atoms with E-state index >= 15 is 0 Å². The standard InChI is InChI=1S/C31H40N2O10S/c1-19(2)15-32(44(36,37)22-9-10-25-26(14-22)41-18-40-25)16-27-24(13-20-5-7-21(34)8-6-20)33(31(3,4)43-27)30(35)42-28-17-39-29-23(28)11-12-38-29/h5-10,14,19,23-24,27-29,34H,11-13,15-18H2,1-4H3. The number of carbonyl (C=O) groups excluding carboxylic acids is 1. The lowest BCUT2D eigenvalue weighted by atomic mass is 9.99. The fraction of sp³-hybridized carbons (Fsp3) is 0.581. The van der Waals surface area contributed by atoms with E-state index in [-0.39, 0.29) is 55.3 Å². The summed E-state index contributed by atoms with van der Waals surface area (Å²) in [4.78, 5) is 15.6. The molecule has 4 aliphatic heterocycles. The van der Waals surface area contributed by atoms with Crippen LogP contribution in [0.2, 0.25) is 0 Å². The van der Waals surface area contributed by atoms with Crippen LogP contribution < -0.4 is 9.47 Å². The molecule has 12 nitrogen and oxygen atoms in total. The van der Waals surface area contributed by atoms with Crippen molar-refractivity contribution in [3.63, 3.8) is 0 Å². The third kappa shape index (κ3) is 6.08. The lowest BCUT2D eigenvalue weighted by Crippen LogP contribution is -2.51. The molecule has 6 rings (SSSR count). The molecule has 2 aromatic rings.